The van der Waals surface area contributed by atoms with Crippen LogP contribution in [-0.4, -0.2) is 19.6 Å². The van der Waals surface area contributed by atoms with Gasteiger partial charge in [0.25, 0.3) is 0 Å². The normalized spacial score (nSPS) is 22.9. The van der Waals surface area contributed by atoms with E-state index in [0.29, 0.717) is 0 Å². The Morgan fingerprint density at radius 3 is 3.05 bits per heavy atom. The third-order valence-electron chi connectivity index (χ3n) is 4.94. The molecule has 2 heteroatoms. The van der Waals surface area contributed by atoms with Gasteiger partial charge < -0.3 is 10.2 Å². The number of nitrogens with one attached hydrogen (secondary N) is 1. The first-order valence-corrected chi connectivity index (χ1v) is 8.48. The summed E-state index contributed by atoms with van der Waals surface area (Å²) in [5.74, 6) is 0.959. The molecule has 3 rings (SSSR count). The van der Waals surface area contributed by atoms with Crippen molar-refractivity contribution in [3.8, 4) is 0 Å². The highest BCUT2D eigenvalue weighted by molar-refractivity contribution is 5.63. The third-order valence-corrected chi connectivity index (χ3v) is 4.94. The molecule has 2 aliphatic heterocycles. The Balaban J connectivity index is 1.69. The molecule has 0 saturated carbocycles. The highest BCUT2D eigenvalue weighted by Gasteiger charge is 2.18. The van der Waals surface area contributed by atoms with Crippen molar-refractivity contribution in [2.45, 2.75) is 51.9 Å². The summed E-state index contributed by atoms with van der Waals surface area (Å²) in [4.78, 5) is 2.60. The molecule has 0 bridgehead atoms. The van der Waals surface area contributed by atoms with E-state index in [0.717, 1.165) is 12.5 Å². The molecule has 1 atom stereocenters. The molecule has 0 spiro atoms. The maximum atomic E-state index is 3.56. The van der Waals surface area contributed by atoms with Crippen LogP contribution in [0.5, 0.6) is 0 Å². The van der Waals surface area contributed by atoms with Crippen molar-refractivity contribution in [2.75, 3.05) is 29.9 Å². The number of rotatable bonds is 3. The molecule has 20 heavy (non-hydrogen) atoms. The van der Waals surface area contributed by atoms with Crippen LogP contribution in [-0.2, 0) is 6.42 Å². The van der Waals surface area contributed by atoms with Crippen LogP contribution >= 0.6 is 0 Å². The van der Waals surface area contributed by atoms with Crippen molar-refractivity contribution in [3.05, 3.63) is 23.8 Å². The molecular weight excluding hydrogens is 244 g/mol. The Kier molecular flexibility index (Phi) is 4.49. The van der Waals surface area contributed by atoms with Crippen LogP contribution in [0.4, 0.5) is 11.4 Å². The monoisotopic (exact) mass is 272 g/mol. The summed E-state index contributed by atoms with van der Waals surface area (Å²) in [7, 11) is 0. The molecule has 2 nitrogen and oxygen atoms in total. The van der Waals surface area contributed by atoms with Gasteiger partial charge in [-0.3, -0.25) is 0 Å². The van der Waals surface area contributed by atoms with Crippen molar-refractivity contribution in [2.24, 2.45) is 5.92 Å². The fourth-order valence-corrected chi connectivity index (χ4v) is 3.77. The van der Waals surface area contributed by atoms with Crippen LogP contribution in [0.25, 0.3) is 0 Å². The van der Waals surface area contributed by atoms with Gasteiger partial charge in [-0.2, -0.15) is 0 Å². The summed E-state index contributed by atoms with van der Waals surface area (Å²) >= 11 is 0. The summed E-state index contributed by atoms with van der Waals surface area (Å²) in [6.45, 7) is 5.93. The summed E-state index contributed by atoms with van der Waals surface area (Å²) in [6.07, 6.45) is 9.42. The minimum atomic E-state index is 0.959. The van der Waals surface area contributed by atoms with Crippen LogP contribution in [0.1, 0.15) is 51.0 Å². The van der Waals surface area contributed by atoms with Crippen LogP contribution in [0.15, 0.2) is 18.2 Å². The lowest BCUT2D eigenvalue weighted by molar-refractivity contribution is 0.435. The number of anilines is 2. The van der Waals surface area contributed by atoms with Crippen LogP contribution in [0.3, 0.4) is 0 Å². The van der Waals surface area contributed by atoms with Crippen molar-refractivity contribution in [3.63, 3.8) is 0 Å². The van der Waals surface area contributed by atoms with E-state index in [9.17, 15) is 0 Å². The SMILES string of the molecule is CCCC1CCCN(c2ccc3c(c2)NCCC3)CC1. The number of hydrogen-bond acceptors (Lipinski definition) is 2. The quantitative estimate of drug-likeness (QED) is 0.874. The van der Waals surface area contributed by atoms with Crippen LogP contribution in [0.2, 0.25) is 0 Å². The number of benzene rings is 1. The Labute approximate surface area is 123 Å². The summed E-state index contributed by atoms with van der Waals surface area (Å²) < 4.78 is 0. The number of aryl methyl sites for hydroxylation is 1. The smallest absolute Gasteiger partial charge is 0.0393 e. The lowest BCUT2D eigenvalue weighted by Gasteiger charge is -2.26. The minimum absolute atomic E-state index is 0.959. The maximum absolute atomic E-state index is 3.56. The highest BCUT2D eigenvalue weighted by Crippen LogP contribution is 2.30. The Morgan fingerprint density at radius 1 is 1.20 bits per heavy atom. The Hall–Kier alpha value is -1.18. The second kappa shape index (κ2) is 6.51. The highest BCUT2D eigenvalue weighted by atomic mass is 15.1. The van der Waals surface area contributed by atoms with Gasteiger partial charge in [-0.25, -0.2) is 0 Å². The van der Waals surface area contributed by atoms with Crippen LogP contribution in [0, 0.1) is 5.92 Å². The second-order valence-electron chi connectivity index (χ2n) is 6.44. The average molecular weight is 272 g/mol. The molecule has 1 unspecified atom stereocenters. The summed E-state index contributed by atoms with van der Waals surface area (Å²) in [6, 6.07) is 7.06. The molecule has 110 valence electrons. The van der Waals surface area contributed by atoms with E-state index in [2.05, 4.69) is 35.3 Å². The van der Waals surface area contributed by atoms with E-state index in [1.807, 2.05) is 0 Å². The van der Waals surface area contributed by atoms with Crippen molar-refractivity contribution < 1.29 is 0 Å². The second-order valence-corrected chi connectivity index (χ2v) is 6.44. The first-order valence-electron chi connectivity index (χ1n) is 8.48. The predicted molar refractivity (Wildman–Crippen MR) is 87.7 cm³/mol. The van der Waals surface area contributed by atoms with Gasteiger partial charge in [-0.15, -0.1) is 0 Å². The predicted octanol–water partition coefficient (Wildman–Crippen LogP) is 4.45. The molecular formula is C18H28N2. The Morgan fingerprint density at radius 2 is 2.15 bits per heavy atom. The van der Waals surface area contributed by atoms with E-state index in [-0.39, 0.29) is 0 Å². The van der Waals surface area contributed by atoms with E-state index in [4.69, 9.17) is 0 Å². The van der Waals surface area contributed by atoms with Gasteiger partial charge in [0.1, 0.15) is 0 Å². The molecule has 0 aromatic heterocycles. The average Bonchev–Trinajstić information content (AvgIpc) is 2.73. The third kappa shape index (κ3) is 3.11. The van der Waals surface area contributed by atoms with Crippen LogP contribution < -0.4 is 10.2 Å². The zero-order chi connectivity index (χ0) is 13.8. The van der Waals surface area contributed by atoms with E-state index in [1.54, 1.807) is 0 Å². The lowest BCUT2D eigenvalue weighted by atomic mass is 9.96. The van der Waals surface area contributed by atoms with Gasteiger partial charge in [0.2, 0.25) is 0 Å². The molecule has 1 aromatic carbocycles. The molecule has 1 fully saturated rings. The van der Waals surface area contributed by atoms with E-state index in [1.165, 1.54) is 75.0 Å². The zero-order valence-electron chi connectivity index (χ0n) is 12.8. The number of hydrogen-bond donors (Lipinski definition) is 1. The van der Waals surface area contributed by atoms with Crippen molar-refractivity contribution in [1.29, 1.82) is 0 Å². The topological polar surface area (TPSA) is 15.3 Å². The molecule has 2 aliphatic rings. The van der Waals surface area contributed by atoms with Gasteiger partial charge in [0, 0.05) is 31.0 Å². The molecule has 2 heterocycles. The van der Waals surface area contributed by atoms with Crippen molar-refractivity contribution >= 4 is 11.4 Å². The van der Waals surface area contributed by atoms with Gasteiger partial charge in [-0.1, -0.05) is 25.8 Å². The van der Waals surface area contributed by atoms with Gasteiger partial charge in [0.15, 0.2) is 0 Å². The first kappa shape index (κ1) is 13.8. The molecule has 1 saturated heterocycles. The fraction of sp³-hybridized carbons (Fsp3) is 0.667. The van der Waals surface area contributed by atoms with Gasteiger partial charge in [0.05, 0.1) is 0 Å². The molecule has 0 aliphatic carbocycles. The Bertz CT molecular complexity index is 441. The molecule has 1 aromatic rings. The molecule has 0 radical (unpaired) electrons. The standard InChI is InChI=1S/C18H28N2/c1-2-5-15-6-4-12-20(13-10-15)17-9-8-16-7-3-11-19-18(16)14-17/h8-9,14-15,19H,2-7,10-13H2,1H3. The summed E-state index contributed by atoms with van der Waals surface area (Å²) in [5, 5.41) is 3.56. The fourth-order valence-electron chi connectivity index (χ4n) is 3.77. The maximum Gasteiger partial charge on any atom is 0.0393 e. The number of nitrogens with zero attached hydrogens (tertiary/aromatic N) is 1. The first-order chi connectivity index (χ1) is 9.86. The number of fused-ring (bicyclic) bond motifs is 1. The van der Waals surface area contributed by atoms with Gasteiger partial charge in [-0.05, 0) is 55.7 Å². The summed E-state index contributed by atoms with van der Waals surface area (Å²) in [5.41, 5.74) is 4.30. The lowest BCUT2D eigenvalue weighted by Crippen LogP contribution is -2.24. The largest absolute Gasteiger partial charge is 0.385 e. The minimum Gasteiger partial charge on any atom is -0.385 e. The zero-order valence-corrected chi connectivity index (χ0v) is 12.8. The molecule has 1 N–H and O–H groups in total. The molecule has 0 amide bonds. The van der Waals surface area contributed by atoms with Crippen molar-refractivity contribution in [1.82, 2.24) is 0 Å². The van der Waals surface area contributed by atoms with Gasteiger partial charge >= 0.3 is 0 Å². The van der Waals surface area contributed by atoms with E-state index >= 15 is 0 Å². The van der Waals surface area contributed by atoms with E-state index < -0.39 is 0 Å².